The van der Waals surface area contributed by atoms with Crippen molar-refractivity contribution in [1.82, 2.24) is 4.72 Å². The molecule has 0 amide bonds. The second-order valence-corrected chi connectivity index (χ2v) is 8.92. The smallest absolute Gasteiger partial charge is 0.216 e. The Bertz CT molecular complexity index is 878. The molecule has 2 aromatic rings. The molecule has 0 aliphatic carbocycles. The van der Waals surface area contributed by atoms with E-state index in [9.17, 15) is 8.42 Å². The van der Waals surface area contributed by atoms with E-state index in [2.05, 4.69) is 18.6 Å². The maximum atomic E-state index is 12.8. The summed E-state index contributed by atoms with van der Waals surface area (Å²) in [7, 11) is -3.56. The summed E-state index contributed by atoms with van der Waals surface area (Å²) >= 11 is 6.13. The molecule has 0 radical (unpaired) electrons. The summed E-state index contributed by atoms with van der Waals surface area (Å²) in [5.41, 5.74) is 1.12. The number of halogens is 1. The Kier molecular flexibility index (Phi) is 5.61. The van der Waals surface area contributed by atoms with Gasteiger partial charge in [-0.3, -0.25) is 0 Å². The van der Waals surface area contributed by atoms with Gasteiger partial charge in [-0.05, 0) is 30.5 Å². The fourth-order valence-electron chi connectivity index (χ4n) is 3.48. The second-order valence-electron chi connectivity index (χ2n) is 6.76. The van der Waals surface area contributed by atoms with Crippen LogP contribution >= 0.6 is 11.6 Å². The number of hydrogen-bond donors (Lipinski definition) is 1. The van der Waals surface area contributed by atoms with E-state index < -0.39 is 10.0 Å². The number of benzene rings is 2. The van der Waals surface area contributed by atoms with E-state index in [1.807, 2.05) is 24.3 Å². The average Bonchev–Trinajstić information content (AvgIpc) is 2.63. The monoisotopic (exact) mass is 393 g/mol. The summed E-state index contributed by atoms with van der Waals surface area (Å²) in [6.45, 7) is 4.15. The third-order valence-electron chi connectivity index (χ3n) is 5.11. The van der Waals surface area contributed by atoms with Gasteiger partial charge in [-0.25, -0.2) is 13.1 Å². The molecule has 6 heteroatoms. The first-order valence-corrected chi connectivity index (χ1v) is 10.9. The van der Waals surface area contributed by atoms with Crippen molar-refractivity contribution >= 4 is 21.6 Å². The molecule has 1 aliphatic heterocycles. The Morgan fingerprint density at radius 1 is 1.12 bits per heavy atom. The lowest BCUT2D eigenvalue weighted by Crippen LogP contribution is -2.44. The van der Waals surface area contributed by atoms with Gasteiger partial charge < -0.3 is 4.74 Å². The zero-order chi connectivity index (χ0) is 18.8. The highest BCUT2D eigenvalue weighted by atomic mass is 35.5. The predicted octanol–water partition coefficient (Wildman–Crippen LogP) is 4.84. The summed E-state index contributed by atoms with van der Waals surface area (Å²) in [6, 6.07) is 14.4. The average molecular weight is 394 g/mol. The summed E-state index contributed by atoms with van der Waals surface area (Å²) in [5, 5.41) is 0.460. The highest BCUT2D eigenvalue weighted by molar-refractivity contribution is 7.88. The molecule has 1 heterocycles. The first-order valence-electron chi connectivity index (χ1n) is 8.89. The van der Waals surface area contributed by atoms with Crippen LogP contribution in [0.4, 0.5) is 0 Å². The fraction of sp³-hybridized carbons (Fsp3) is 0.400. The molecule has 26 heavy (non-hydrogen) atoms. The van der Waals surface area contributed by atoms with Gasteiger partial charge in [0.15, 0.2) is 0 Å². The highest BCUT2D eigenvalue weighted by Crippen LogP contribution is 2.43. The maximum absolute atomic E-state index is 12.8. The van der Waals surface area contributed by atoms with Crippen LogP contribution in [-0.4, -0.2) is 14.0 Å². The number of ether oxygens (including phenoxy) is 1. The minimum atomic E-state index is -3.56. The summed E-state index contributed by atoms with van der Waals surface area (Å²) in [6.07, 6.45) is 2.25. The van der Waals surface area contributed by atoms with Crippen molar-refractivity contribution < 1.29 is 13.2 Å². The van der Waals surface area contributed by atoms with Crippen molar-refractivity contribution in [2.45, 2.75) is 50.5 Å². The molecule has 0 fully saturated rings. The van der Waals surface area contributed by atoms with Gasteiger partial charge >= 0.3 is 0 Å². The van der Waals surface area contributed by atoms with Crippen molar-refractivity contribution in [2.24, 2.45) is 0 Å². The molecule has 4 nitrogen and oxygen atoms in total. The van der Waals surface area contributed by atoms with Crippen LogP contribution in [0.1, 0.15) is 50.3 Å². The van der Waals surface area contributed by atoms with E-state index in [0.29, 0.717) is 17.0 Å². The Hall–Kier alpha value is -1.56. The number of rotatable bonds is 6. The summed E-state index contributed by atoms with van der Waals surface area (Å²) in [4.78, 5) is 0. The van der Waals surface area contributed by atoms with Gasteiger partial charge in [0.25, 0.3) is 0 Å². The van der Waals surface area contributed by atoms with Gasteiger partial charge in [-0.2, -0.15) is 0 Å². The molecule has 1 atom stereocenters. The quantitative estimate of drug-likeness (QED) is 0.763. The van der Waals surface area contributed by atoms with Crippen LogP contribution in [0.5, 0.6) is 5.75 Å². The van der Waals surface area contributed by atoms with Gasteiger partial charge in [0.05, 0.1) is 11.8 Å². The third kappa shape index (κ3) is 4.05. The van der Waals surface area contributed by atoms with E-state index in [1.165, 1.54) is 0 Å². The van der Waals surface area contributed by atoms with Crippen LogP contribution in [0.25, 0.3) is 0 Å². The van der Waals surface area contributed by atoms with Crippen LogP contribution in [0.3, 0.4) is 0 Å². The Morgan fingerprint density at radius 3 is 2.46 bits per heavy atom. The zero-order valence-electron chi connectivity index (χ0n) is 15.0. The normalized spacial score (nSPS) is 18.8. The molecule has 1 aliphatic rings. The number of nitrogens with one attached hydrogen (secondary N) is 1. The molecule has 0 unspecified atom stereocenters. The standard InChI is InChI=1S/C20H24ClNO3S/c1-3-20(4-2)13-18(16-10-6-8-12-19(16)25-20)22-26(23,24)14-15-9-5-7-11-17(15)21/h5-12,18,22H,3-4,13-14H2,1-2H3/t18-/m1/s1. The lowest BCUT2D eigenvalue weighted by atomic mass is 9.84. The number of para-hydroxylation sites is 1. The lowest BCUT2D eigenvalue weighted by Gasteiger charge is -2.41. The van der Waals surface area contributed by atoms with Gasteiger partial charge in [0.1, 0.15) is 11.4 Å². The van der Waals surface area contributed by atoms with Gasteiger partial charge in [0.2, 0.25) is 10.0 Å². The summed E-state index contributed by atoms with van der Waals surface area (Å²) < 4.78 is 34.7. The third-order valence-corrected chi connectivity index (χ3v) is 6.81. The summed E-state index contributed by atoms with van der Waals surface area (Å²) in [5.74, 6) is 0.616. The molecular formula is C20H24ClNO3S. The van der Waals surface area contributed by atoms with Crippen molar-refractivity contribution in [1.29, 1.82) is 0 Å². The molecule has 0 bridgehead atoms. The van der Waals surface area contributed by atoms with Gasteiger partial charge in [-0.15, -0.1) is 0 Å². The van der Waals surface area contributed by atoms with Crippen LogP contribution in [0, 0.1) is 0 Å². The fourth-order valence-corrected chi connectivity index (χ4v) is 5.16. The van der Waals surface area contributed by atoms with Gasteiger partial charge in [-0.1, -0.05) is 61.8 Å². The van der Waals surface area contributed by atoms with E-state index >= 15 is 0 Å². The van der Waals surface area contributed by atoms with Crippen molar-refractivity contribution in [3.8, 4) is 5.75 Å². The van der Waals surface area contributed by atoms with Crippen LogP contribution < -0.4 is 9.46 Å². The van der Waals surface area contributed by atoms with E-state index in [-0.39, 0.29) is 17.4 Å². The van der Waals surface area contributed by atoms with E-state index in [1.54, 1.807) is 24.3 Å². The minimum absolute atomic E-state index is 0.141. The molecule has 0 aromatic heterocycles. The van der Waals surface area contributed by atoms with E-state index in [4.69, 9.17) is 16.3 Å². The SMILES string of the molecule is CCC1(CC)C[C@@H](NS(=O)(=O)Cc2ccccc2Cl)c2ccccc2O1. The van der Waals surface area contributed by atoms with Crippen LogP contribution in [-0.2, 0) is 15.8 Å². The van der Waals surface area contributed by atoms with Crippen molar-refractivity contribution in [3.63, 3.8) is 0 Å². The maximum Gasteiger partial charge on any atom is 0.216 e. The molecule has 0 saturated heterocycles. The Morgan fingerprint density at radius 2 is 1.77 bits per heavy atom. The Balaban J connectivity index is 1.89. The number of hydrogen-bond acceptors (Lipinski definition) is 3. The number of fused-ring (bicyclic) bond motifs is 1. The minimum Gasteiger partial charge on any atom is -0.487 e. The predicted molar refractivity (Wildman–Crippen MR) is 105 cm³/mol. The Labute approximate surface area is 160 Å². The number of sulfonamides is 1. The first kappa shape index (κ1) is 19.2. The lowest BCUT2D eigenvalue weighted by molar-refractivity contribution is 0.0260. The van der Waals surface area contributed by atoms with E-state index in [0.717, 1.165) is 24.2 Å². The first-order chi connectivity index (χ1) is 12.4. The van der Waals surface area contributed by atoms with Gasteiger partial charge in [0, 0.05) is 17.0 Å². The highest BCUT2D eigenvalue weighted by Gasteiger charge is 2.39. The van der Waals surface area contributed by atoms with Crippen molar-refractivity contribution in [2.75, 3.05) is 0 Å². The molecule has 2 aromatic carbocycles. The second kappa shape index (κ2) is 7.59. The topological polar surface area (TPSA) is 55.4 Å². The zero-order valence-corrected chi connectivity index (χ0v) is 16.6. The molecular weight excluding hydrogens is 370 g/mol. The molecule has 3 rings (SSSR count). The largest absolute Gasteiger partial charge is 0.487 e. The van der Waals surface area contributed by atoms with Crippen LogP contribution in [0.2, 0.25) is 5.02 Å². The van der Waals surface area contributed by atoms with Crippen molar-refractivity contribution in [3.05, 3.63) is 64.7 Å². The molecule has 1 N–H and O–H groups in total. The molecule has 0 spiro atoms. The molecule has 0 saturated carbocycles. The van der Waals surface area contributed by atoms with Crippen LogP contribution in [0.15, 0.2) is 48.5 Å². The molecule has 140 valence electrons.